The predicted octanol–water partition coefficient (Wildman–Crippen LogP) is 3.26. The SMILES string of the molecule is CC(C)(C)OC(O)CCN1CCC2(CC1)COc1cc(OS(=O)(=O)C(C)(F)F)ccc12. The molecule has 0 radical (unpaired) electrons. The van der Waals surface area contributed by atoms with Gasteiger partial charge in [-0.2, -0.15) is 17.2 Å². The predicted molar refractivity (Wildman–Crippen MR) is 111 cm³/mol. The van der Waals surface area contributed by atoms with Crippen molar-refractivity contribution in [3.8, 4) is 11.5 Å². The molecule has 1 atom stereocenters. The van der Waals surface area contributed by atoms with E-state index in [1.165, 1.54) is 12.1 Å². The maximum Gasteiger partial charge on any atom is 0.377 e. The minimum absolute atomic E-state index is 0.192. The first-order valence-electron chi connectivity index (χ1n) is 10.4. The third-order valence-corrected chi connectivity index (χ3v) is 6.96. The molecule has 1 saturated heterocycles. The van der Waals surface area contributed by atoms with Gasteiger partial charge in [-0.15, -0.1) is 0 Å². The first-order valence-corrected chi connectivity index (χ1v) is 11.8. The number of hydrogen-bond donors (Lipinski definition) is 1. The van der Waals surface area contributed by atoms with E-state index in [1.54, 1.807) is 6.07 Å². The van der Waals surface area contributed by atoms with E-state index >= 15 is 0 Å². The third kappa shape index (κ3) is 5.66. The van der Waals surface area contributed by atoms with E-state index in [4.69, 9.17) is 9.47 Å². The van der Waals surface area contributed by atoms with E-state index in [2.05, 4.69) is 9.08 Å². The molecule has 0 bridgehead atoms. The number of benzene rings is 1. The van der Waals surface area contributed by atoms with Gasteiger partial charge in [0, 0.05) is 36.9 Å². The fourth-order valence-corrected chi connectivity index (χ4v) is 4.49. The van der Waals surface area contributed by atoms with Crippen LogP contribution in [0.5, 0.6) is 11.5 Å². The lowest BCUT2D eigenvalue weighted by atomic mass is 9.74. The second-order valence-electron chi connectivity index (χ2n) is 9.39. The second kappa shape index (κ2) is 8.46. The van der Waals surface area contributed by atoms with Crippen molar-refractivity contribution in [2.45, 2.75) is 69.5 Å². The molecular weight excluding hydrogens is 432 g/mol. The van der Waals surface area contributed by atoms with Gasteiger partial charge in [-0.25, -0.2) is 0 Å². The highest BCUT2D eigenvalue weighted by Gasteiger charge is 2.45. The van der Waals surface area contributed by atoms with Gasteiger partial charge in [0.1, 0.15) is 11.5 Å². The molecule has 10 heteroatoms. The number of rotatable bonds is 7. The number of aliphatic hydroxyl groups is 1. The lowest BCUT2D eigenvalue weighted by molar-refractivity contribution is -0.170. The average Bonchev–Trinajstić information content (AvgIpc) is 2.96. The Balaban J connectivity index is 1.60. The molecule has 1 aromatic rings. The van der Waals surface area contributed by atoms with Crippen LogP contribution in [-0.2, 0) is 20.3 Å². The van der Waals surface area contributed by atoms with Gasteiger partial charge in [0.25, 0.3) is 0 Å². The van der Waals surface area contributed by atoms with Crippen molar-refractivity contribution in [3.63, 3.8) is 0 Å². The fraction of sp³-hybridized carbons (Fsp3) is 0.714. The molecule has 1 N–H and O–H groups in total. The lowest BCUT2D eigenvalue weighted by Gasteiger charge is -2.39. The molecule has 1 spiro atoms. The first kappa shape index (κ1) is 24.2. The highest BCUT2D eigenvalue weighted by atomic mass is 32.2. The molecule has 7 nitrogen and oxygen atoms in total. The van der Waals surface area contributed by atoms with Gasteiger partial charge in [0.05, 0.1) is 12.2 Å². The number of alkyl halides is 2. The van der Waals surface area contributed by atoms with Crippen molar-refractivity contribution < 1.29 is 36.0 Å². The molecule has 0 aromatic heterocycles. The minimum Gasteiger partial charge on any atom is -0.492 e. The molecular formula is C21H31F2NO6S. The van der Waals surface area contributed by atoms with Crippen LogP contribution < -0.4 is 8.92 Å². The Bertz CT molecular complexity index is 886. The van der Waals surface area contributed by atoms with Crippen LogP contribution in [0.1, 0.15) is 52.5 Å². The summed E-state index contributed by atoms with van der Waals surface area (Å²) in [4.78, 5) is 2.27. The Labute approximate surface area is 182 Å². The van der Waals surface area contributed by atoms with Crippen molar-refractivity contribution in [2.75, 3.05) is 26.2 Å². The summed E-state index contributed by atoms with van der Waals surface area (Å²) in [6.07, 6.45) is 1.38. The van der Waals surface area contributed by atoms with Crippen molar-refractivity contribution in [1.29, 1.82) is 0 Å². The minimum atomic E-state index is -5.06. The molecule has 1 fully saturated rings. The molecule has 31 heavy (non-hydrogen) atoms. The lowest BCUT2D eigenvalue weighted by Crippen LogP contribution is -2.44. The summed E-state index contributed by atoms with van der Waals surface area (Å²) in [5.41, 5.74) is 0.347. The van der Waals surface area contributed by atoms with E-state index in [0.29, 0.717) is 18.8 Å². The highest BCUT2D eigenvalue weighted by Crippen LogP contribution is 2.47. The van der Waals surface area contributed by atoms with E-state index < -0.39 is 27.3 Å². The van der Waals surface area contributed by atoms with Crippen molar-refractivity contribution in [2.24, 2.45) is 0 Å². The zero-order chi connectivity index (χ0) is 23.1. The molecule has 2 heterocycles. The Morgan fingerprint density at radius 3 is 2.45 bits per heavy atom. The summed E-state index contributed by atoms with van der Waals surface area (Å²) in [7, 11) is -5.06. The summed E-state index contributed by atoms with van der Waals surface area (Å²) in [6.45, 7) is 8.79. The summed E-state index contributed by atoms with van der Waals surface area (Å²) >= 11 is 0. The number of hydrogen-bond acceptors (Lipinski definition) is 7. The number of nitrogens with zero attached hydrogens (tertiary/aromatic N) is 1. The summed E-state index contributed by atoms with van der Waals surface area (Å²) in [5, 5.41) is 6.04. The van der Waals surface area contributed by atoms with Crippen molar-refractivity contribution >= 4 is 10.1 Å². The van der Waals surface area contributed by atoms with Crippen LogP contribution in [0.3, 0.4) is 0 Å². The molecule has 3 rings (SSSR count). The smallest absolute Gasteiger partial charge is 0.377 e. The van der Waals surface area contributed by atoms with Gasteiger partial charge in [0.15, 0.2) is 6.29 Å². The van der Waals surface area contributed by atoms with E-state index in [1.807, 2.05) is 20.8 Å². The number of aliphatic hydroxyl groups excluding tert-OH is 1. The quantitative estimate of drug-likeness (QED) is 0.491. The van der Waals surface area contributed by atoms with E-state index in [-0.39, 0.29) is 18.1 Å². The van der Waals surface area contributed by atoms with Gasteiger partial charge in [-0.05, 0) is 52.8 Å². The Morgan fingerprint density at radius 1 is 1.23 bits per heavy atom. The highest BCUT2D eigenvalue weighted by molar-refractivity contribution is 7.88. The normalized spacial score (nSPS) is 20.4. The Hall–Kier alpha value is -1.49. The summed E-state index contributed by atoms with van der Waals surface area (Å²) in [6, 6.07) is 4.46. The van der Waals surface area contributed by atoms with Crippen LogP contribution >= 0.6 is 0 Å². The first-order chi connectivity index (χ1) is 14.2. The Morgan fingerprint density at radius 2 is 1.87 bits per heavy atom. The zero-order valence-corrected chi connectivity index (χ0v) is 19.2. The van der Waals surface area contributed by atoms with Crippen LogP contribution in [0.25, 0.3) is 0 Å². The van der Waals surface area contributed by atoms with Crippen molar-refractivity contribution in [1.82, 2.24) is 4.90 Å². The van der Waals surface area contributed by atoms with Crippen LogP contribution in [0.15, 0.2) is 18.2 Å². The molecule has 0 aliphatic carbocycles. The molecule has 176 valence electrons. The number of fused-ring (bicyclic) bond motifs is 2. The van der Waals surface area contributed by atoms with Gasteiger partial charge < -0.3 is 23.7 Å². The fourth-order valence-electron chi connectivity index (χ4n) is 3.98. The van der Waals surface area contributed by atoms with Crippen molar-refractivity contribution in [3.05, 3.63) is 23.8 Å². The number of ether oxygens (including phenoxy) is 2. The molecule has 2 aliphatic rings. The standard InChI is InChI=1S/C21H31F2NO6S/c1-19(2,3)29-18(25)7-10-24-11-8-21(9-12-24)14-28-17-13-15(5-6-16(17)21)30-31(26,27)20(4,22)23/h5-6,13,18,25H,7-12,14H2,1-4H3. The number of likely N-dealkylation sites (tertiary alicyclic amines) is 1. The molecule has 0 saturated carbocycles. The topological polar surface area (TPSA) is 85.3 Å². The third-order valence-electron chi connectivity index (χ3n) is 5.67. The van der Waals surface area contributed by atoms with Gasteiger partial charge in [-0.3, -0.25) is 0 Å². The van der Waals surface area contributed by atoms with Crippen LogP contribution in [0.4, 0.5) is 8.78 Å². The van der Waals surface area contributed by atoms with Crippen LogP contribution in [-0.4, -0.2) is 61.8 Å². The summed E-state index contributed by atoms with van der Waals surface area (Å²) in [5.74, 6) is 0.275. The van der Waals surface area contributed by atoms with Gasteiger partial charge in [0.2, 0.25) is 0 Å². The molecule has 2 aliphatic heterocycles. The second-order valence-corrected chi connectivity index (χ2v) is 11.2. The van der Waals surface area contributed by atoms with Crippen LogP contribution in [0, 0.1) is 0 Å². The largest absolute Gasteiger partial charge is 0.492 e. The monoisotopic (exact) mass is 463 g/mol. The molecule has 1 unspecified atom stereocenters. The number of piperidine rings is 1. The maximum atomic E-state index is 13.2. The van der Waals surface area contributed by atoms with Gasteiger partial charge in [-0.1, -0.05) is 6.07 Å². The zero-order valence-electron chi connectivity index (χ0n) is 18.4. The molecule has 1 aromatic carbocycles. The summed E-state index contributed by atoms with van der Waals surface area (Å²) < 4.78 is 65.5. The molecule has 0 amide bonds. The maximum absolute atomic E-state index is 13.2. The number of halogens is 2. The van der Waals surface area contributed by atoms with Crippen LogP contribution in [0.2, 0.25) is 0 Å². The van der Waals surface area contributed by atoms with E-state index in [9.17, 15) is 22.3 Å². The van der Waals surface area contributed by atoms with E-state index in [0.717, 1.165) is 38.0 Å². The Kier molecular flexibility index (Phi) is 6.59. The average molecular weight is 464 g/mol. The van der Waals surface area contributed by atoms with Gasteiger partial charge >= 0.3 is 15.4 Å².